The van der Waals surface area contributed by atoms with Gasteiger partial charge in [0.05, 0.1) is 0 Å². The molecule has 0 amide bonds. The Bertz CT molecular complexity index is 584. The molecule has 3 rings (SSSR count). The van der Waals surface area contributed by atoms with Gasteiger partial charge in [-0.25, -0.2) is 4.98 Å². The van der Waals surface area contributed by atoms with Crippen LogP contribution in [-0.2, 0) is 0 Å². The fourth-order valence-electron chi connectivity index (χ4n) is 2.77. The minimum absolute atomic E-state index is 0.186. The molecule has 1 saturated heterocycles. The maximum Gasteiger partial charge on any atom is 0.258 e. The summed E-state index contributed by atoms with van der Waals surface area (Å²) in [7, 11) is 0. The van der Waals surface area contributed by atoms with Gasteiger partial charge >= 0.3 is 0 Å². The summed E-state index contributed by atoms with van der Waals surface area (Å²) in [4.78, 5) is 19.1. The van der Waals surface area contributed by atoms with Gasteiger partial charge in [0.2, 0.25) is 11.2 Å². The Morgan fingerprint density at radius 1 is 1.24 bits per heavy atom. The number of nitrogens with zero attached hydrogens (tertiary/aromatic N) is 7. The Hall–Kier alpha value is -1.76. The molecule has 1 atom stereocenters. The first kappa shape index (κ1) is 14.2. The summed E-state index contributed by atoms with van der Waals surface area (Å²) in [5.41, 5.74) is 0. The molecule has 0 spiro atoms. The van der Waals surface area contributed by atoms with Crippen molar-refractivity contribution in [2.24, 2.45) is 0 Å². The van der Waals surface area contributed by atoms with Gasteiger partial charge < -0.3 is 4.90 Å². The van der Waals surface area contributed by atoms with Crippen molar-refractivity contribution in [2.45, 2.75) is 45.1 Å². The van der Waals surface area contributed by atoms with E-state index >= 15 is 0 Å². The molecule has 1 fully saturated rings. The van der Waals surface area contributed by atoms with Crippen molar-refractivity contribution >= 4 is 17.5 Å². The summed E-state index contributed by atoms with van der Waals surface area (Å²) in [6, 6.07) is 0.478. The maximum absolute atomic E-state index is 6.06. The van der Waals surface area contributed by atoms with Crippen LogP contribution in [-0.4, -0.2) is 42.3 Å². The number of hydrogen-bond acceptors (Lipinski definition) is 6. The second kappa shape index (κ2) is 6.34. The number of piperidine rings is 1. The van der Waals surface area contributed by atoms with Crippen molar-refractivity contribution in [3.05, 3.63) is 17.9 Å². The van der Waals surface area contributed by atoms with Crippen molar-refractivity contribution in [1.29, 1.82) is 0 Å². The minimum atomic E-state index is 0.186. The van der Waals surface area contributed by atoms with Gasteiger partial charge in [-0.05, 0) is 37.3 Å². The number of aromatic nitrogens is 6. The molecule has 8 heteroatoms. The highest BCUT2D eigenvalue weighted by Gasteiger charge is 2.25. The lowest BCUT2D eigenvalue weighted by Gasteiger charge is -2.35. The SMILES string of the molecule is CCCC1CCCCN1c1nc(Cl)nc(-n2cncn2)n1. The van der Waals surface area contributed by atoms with Crippen molar-refractivity contribution in [3.63, 3.8) is 0 Å². The predicted octanol–water partition coefficient (Wildman–Crippen LogP) is 2.26. The molecule has 0 N–H and O–H groups in total. The minimum Gasteiger partial charge on any atom is -0.338 e. The first-order chi connectivity index (χ1) is 10.3. The number of halogens is 1. The molecule has 0 saturated carbocycles. The van der Waals surface area contributed by atoms with E-state index in [0.717, 1.165) is 25.8 Å². The predicted molar refractivity (Wildman–Crippen MR) is 79.6 cm³/mol. The van der Waals surface area contributed by atoms with Crippen LogP contribution >= 0.6 is 11.6 Å². The van der Waals surface area contributed by atoms with E-state index in [1.165, 1.54) is 23.9 Å². The topological polar surface area (TPSA) is 72.6 Å². The van der Waals surface area contributed by atoms with Crippen molar-refractivity contribution in [1.82, 2.24) is 29.7 Å². The van der Waals surface area contributed by atoms with Crippen LogP contribution in [0.1, 0.15) is 39.0 Å². The maximum atomic E-state index is 6.06. The summed E-state index contributed by atoms with van der Waals surface area (Å²) in [5, 5.41) is 4.23. The molecule has 2 aromatic rings. The smallest absolute Gasteiger partial charge is 0.258 e. The van der Waals surface area contributed by atoms with Crippen LogP contribution in [0.2, 0.25) is 5.28 Å². The van der Waals surface area contributed by atoms with Crippen molar-refractivity contribution in [3.8, 4) is 5.95 Å². The zero-order valence-electron chi connectivity index (χ0n) is 12.0. The average Bonchev–Trinajstić information content (AvgIpc) is 3.02. The van der Waals surface area contributed by atoms with Gasteiger partial charge in [0.15, 0.2) is 0 Å². The molecular weight excluding hydrogens is 290 g/mol. The molecular formula is C13H18ClN7. The van der Waals surface area contributed by atoms with Crippen LogP contribution in [0.5, 0.6) is 0 Å². The van der Waals surface area contributed by atoms with E-state index in [2.05, 4.69) is 36.9 Å². The van der Waals surface area contributed by atoms with E-state index in [0.29, 0.717) is 17.9 Å². The van der Waals surface area contributed by atoms with Crippen LogP contribution in [0.4, 0.5) is 5.95 Å². The third-order valence-electron chi connectivity index (χ3n) is 3.71. The standard InChI is InChI=1S/C13H18ClN7/c1-2-5-10-6-3-4-7-20(10)12-17-11(14)18-13(19-12)21-9-15-8-16-21/h8-10H,2-7H2,1H3. The van der Waals surface area contributed by atoms with E-state index in [1.807, 2.05) is 0 Å². The zero-order valence-corrected chi connectivity index (χ0v) is 12.7. The summed E-state index contributed by atoms with van der Waals surface area (Å²) in [6.45, 7) is 3.16. The fourth-order valence-corrected chi connectivity index (χ4v) is 2.92. The Morgan fingerprint density at radius 2 is 2.10 bits per heavy atom. The molecule has 112 valence electrons. The van der Waals surface area contributed by atoms with Crippen LogP contribution in [0, 0.1) is 0 Å². The van der Waals surface area contributed by atoms with Gasteiger partial charge in [0, 0.05) is 12.6 Å². The number of rotatable bonds is 4. The van der Waals surface area contributed by atoms with Crippen LogP contribution < -0.4 is 4.90 Å². The summed E-state index contributed by atoms with van der Waals surface area (Å²) < 4.78 is 1.50. The quantitative estimate of drug-likeness (QED) is 0.862. The first-order valence-electron chi connectivity index (χ1n) is 7.31. The van der Waals surface area contributed by atoms with Crippen LogP contribution in [0.3, 0.4) is 0 Å². The fraction of sp³-hybridized carbons (Fsp3) is 0.615. The normalized spacial score (nSPS) is 19.0. The lowest BCUT2D eigenvalue weighted by Crippen LogP contribution is -2.40. The number of anilines is 1. The van der Waals surface area contributed by atoms with Gasteiger partial charge in [0.25, 0.3) is 5.95 Å². The number of hydrogen-bond donors (Lipinski definition) is 0. The van der Waals surface area contributed by atoms with E-state index < -0.39 is 0 Å². The molecule has 3 heterocycles. The summed E-state index contributed by atoms with van der Waals surface area (Å²) in [5.74, 6) is 1.04. The lowest BCUT2D eigenvalue weighted by molar-refractivity contribution is 0.428. The largest absolute Gasteiger partial charge is 0.338 e. The van der Waals surface area contributed by atoms with Gasteiger partial charge in [-0.3, -0.25) is 0 Å². The second-order valence-electron chi connectivity index (χ2n) is 5.18. The third-order valence-corrected chi connectivity index (χ3v) is 3.88. The van der Waals surface area contributed by atoms with Gasteiger partial charge in [-0.1, -0.05) is 13.3 Å². The molecule has 1 aliphatic heterocycles. The Labute approximate surface area is 128 Å². The monoisotopic (exact) mass is 307 g/mol. The summed E-state index contributed by atoms with van der Waals surface area (Å²) in [6.07, 6.45) is 8.87. The zero-order chi connectivity index (χ0) is 14.7. The molecule has 21 heavy (non-hydrogen) atoms. The van der Waals surface area contributed by atoms with Gasteiger partial charge in [-0.15, -0.1) is 0 Å². The van der Waals surface area contributed by atoms with Crippen LogP contribution in [0.25, 0.3) is 5.95 Å². The molecule has 0 aliphatic carbocycles. The first-order valence-corrected chi connectivity index (χ1v) is 7.69. The van der Waals surface area contributed by atoms with Crippen molar-refractivity contribution < 1.29 is 0 Å². The Balaban J connectivity index is 1.93. The molecule has 0 radical (unpaired) electrons. The third kappa shape index (κ3) is 3.12. The van der Waals surface area contributed by atoms with E-state index in [9.17, 15) is 0 Å². The van der Waals surface area contributed by atoms with Gasteiger partial charge in [0.1, 0.15) is 12.7 Å². The van der Waals surface area contributed by atoms with E-state index in [4.69, 9.17) is 11.6 Å². The molecule has 0 bridgehead atoms. The molecule has 7 nitrogen and oxygen atoms in total. The highest BCUT2D eigenvalue weighted by molar-refractivity contribution is 6.28. The highest BCUT2D eigenvalue weighted by atomic mass is 35.5. The highest BCUT2D eigenvalue weighted by Crippen LogP contribution is 2.25. The second-order valence-corrected chi connectivity index (χ2v) is 5.51. The van der Waals surface area contributed by atoms with E-state index in [-0.39, 0.29) is 5.28 Å². The summed E-state index contributed by atoms with van der Waals surface area (Å²) >= 11 is 6.06. The molecule has 1 aliphatic rings. The van der Waals surface area contributed by atoms with Crippen molar-refractivity contribution in [2.75, 3.05) is 11.4 Å². The molecule has 0 aromatic carbocycles. The van der Waals surface area contributed by atoms with E-state index in [1.54, 1.807) is 6.33 Å². The Kier molecular flexibility index (Phi) is 4.28. The average molecular weight is 308 g/mol. The van der Waals surface area contributed by atoms with Crippen LogP contribution in [0.15, 0.2) is 12.7 Å². The Morgan fingerprint density at radius 3 is 2.86 bits per heavy atom. The molecule has 1 unspecified atom stereocenters. The van der Waals surface area contributed by atoms with Gasteiger partial charge in [-0.2, -0.15) is 24.7 Å². The molecule has 2 aromatic heterocycles. The lowest BCUT2D eigenvalue weighted by atomic mass is 9.99.